The molecule has 2 N–H and O–H groups in total. The first kappa shape index (κ1) is 24.2. The van der Waals surface area contributed by atoms with Crippen molar-refractivity contribution >= 4 is 22.7 Å². The van der Waals surface area contributed by atoms with Gasteiger partial charge in [-0.2, -0.15) is 18.2 Å². The summed E-state index contributed by atoms with van der Waals surface area (Å²) in [6, 6.07) is 3.96. The van der Waals surface area contributed by atoms with Gasteiger partial charge in [0.1, 0.15) is 16.9 Å². The summed E-state index contributed by atoms with van der Waals surface area (Å²) in [5.41, 5.74) is -1.28. The number of nitrogens with zero attached hydrogens (tertiary/aromatic N) is 5. The third-order valence-corrected chi connectivity index (χ3v) is 7.03. The van der Waals surface area contributed by atoms with E-state index in [2.05, 4.69) is 35.2 Å². The van der Waals surface area contributed by atoms with Crippen LogP contribution in [0.25, 0.3) is 11.1 Å². The van der Waals surface area contributed by atoms with E-state index in [0.717, 1.165) is 51.0 Å². The van der Waals surface area contributed by atoms with Crippen LogP contribution in [0.3, 0.4) is 0 Å². The summed E-state index contributed by atoms with van der Waals surface area (Å²) in [5, 5.41) is 4.93. The number of amides is 1. The van der Waals surface area contributed by atoms with Crippen LogP contribution in [-0.4, -0.2) is 70.2 Å². The van der Waals surface area contributed by atoms with E-state index >= 15 is 0 Å². The largest absolute Gasteiger partial charge is 0.437 e. The molecule has 0 aromatic carbocycles. The molecule has 2 fully saturated rings. The number of carbonyl (C=O) groups excluding carboxylic acids is 1. The highest BCUT2D eigenvalue weighted by molar-refractivity contribution is 5.92. The fourth-order valence-corrected chi connectivity index (χ4v) is 5.15. The number of H-pyrrole nitrogens is 1. The molecule has 0 radical (unpaired) electrons. The molecule has 2 saturated heterocycles. The Labute approximate surface area is 203 Å². The molecule has 0 spiro atoms. The molecular weight excluding hydrogens is 479 g/mol. The van der Waals surface area contributed by atoms with E-state index in [0.29, 0.717) is 24.1 Å². The highest BCUT2D eigenvalue weighted by Gasteiger charge is 2.39. The normalized spacial score (nSPS) is 20.1. The van der Waals surface area contributed by atoms with Gasteiger partial charge in [0.2, 0.25) is 5.69 Å². The van der Waals surface area contributed by atoms with Crippen molar-refractivity contribution in [2.45, 2.75) is 43.8 Å². The molecule has 5 heterocycles. The zero-order valence-electron chi connectivity index (χ0n) is 19.6. The molecule has 3 aromatic rings. The van der Waals surface area contributed by atoms with Crippen LogP contribution in [0.2, 0.25) is 0 Å². The standard InChI is InChI=1S/C23H26F3N7O3/c1-27-20(34)16-5-4-15(11-28-16)32-9-6-14(7-10-32)33-8-2-3-13(12-33)19-29-21(35)17-18(23(24,25)26)31-36-22(17)30-19/h4-5,11,13-14H,2-3,6-10,12H2,1H3,(H,27,34)(H,29,30,35). The van der Waals surface area contributed by atoms with Gasteiger partial charge in [-0.1, -0.05) is 5.16 Å². The Morgan fingerprint density at radius 3 is 2.64 bits per heavy atom. The van der Waals surface area contributed by atoms with Crippen LogP contribution in [-0.2, 0) is 6.18 Å². The Bertz CT molecular complexity index is 1300. The van der Waals surface area contributed by atoms with Crippen LogP contribution in [0, 0.1) is 0 Å². The average molecular weight is 506 g/mol. The van der Waals surface area contributed by atoms with Gasteiger partial charge < -0.3 is 19.7 Å². The summed E-state index contributed by atoms with van der Waals surface area (Å²) >= 11 is 0. The summed E-state index contributed by atoms with van der Waals surface area (Å²) in [5.74, 6) is -0.00411. The molecule has 0 bridgehead atoms. The number of rotatable bonds is 4. The van der Waals surface area contributed by atoms with Crippen LogP contribution < -0.4 is 15.8 Å². The lowest BCUT2D eigenvalue weighted by molar-refractivity contribution is -0.141. The molecule has 1 unspecified atom stereocenters. The van der Waals surface area contributed by atoms with E-state index in [1.807, 2.05) is 6.07 Å². The molecule has 10 nitrogen and oxygen atoms in total. The molecule has 0 aliphatic carbocycles. The topological polar surface area (TPSA) is 120 Å². The predicted octanol–water partition coefficient (Wildman–Crippen LogP) is 2.53. The van der Waals surface area contributed by atoms with Gasteiger partial charge in [-0.05, 0) is 44.4 Å². The first-order valence-corrected chi connectivity index (χ1v) is 11.9. The summed E-state index contributed by atoms with van der Waals surface area (Å²) in [6.07, 6.45) is 0.455. The smallest absolute Gasteiger partial charge is 0.370 e. The van der Waals surface area contributed by atoms with Gasteiger partial charge in [0.25, 0.3) is 17.2 Å². The quantitative estimate of drug-likeness (QED) is 0.555. The van der Waals surface area contributed by atoms with Crippen LogP contribution in [0.1, 0.15) is 53.6 Å². The fourth-order valence-electron chi connectivity index (χ4n) is 5.15. The number of aromatic amines is 1. The highest BCUT2D eigenvalue weighted by Crippen LogP contribution is 2.33. The first-order valence-electron chi connectivity index (χ1n) is 11.9. The minimum Gasteiger partial charge on any atom is -0.370 e. The van der Waals surface area contributed by atoms with Crippen LogP contribution in [0.15, 0.2) is 27.6 Å². The number of anilines is 1. The van der Waals surface area contributed by atoms with E-state index < -0.39 is 22.8 Å². The van der Waals surface area contributed by atoms with Gasteiger partial charge in [0.05, 0.1) is 11.9 Å². The maximum atomic E-state index is 13.1. The van der Waals surface area contributed by atoms with E-state index in [9.17, 15) is 22.8 Å². The van der Waals surface area contributed by atoms with Crippen LogP contribution in [0.5, 0.6) is 0 Å². The lowest BCUT2D eigenvalue weighted by Crippen LogP contribution is -2.48. The van der Waals surface area contributed by atoms with Gasteiger partial charge in [0.15, 0.2) is 0 Å². The van der Waals surface area contributed by atoms with Gasteiger partial charge in [-0.3, -0.25) is 14.5 Å². The summed E-state index contributed by atoms with van der Waals surface area (Å²) in [6.45, 7) is 3.25. The number of alkyl halides is 3. The summed E-state index contributed by atoms with van der Waals surface area (Å²) in [7, 11) is 1.57. The first-order chi connectivity index (χ1) is 17.2. The minimum atomic E-state index is -4.79. The Hall–Kier alpha value is -3.48. The van der Waals surface area contributed by atoms with E-state index in [4.69, 9.17) is 4.52 Å². The maximum Gasteiger partial charge on any atom is 0.437 e. The van der Waals surface area contributed by atoms with Crippen molar-refractivity contribution in [3.63, 3.8) is 0 Å². The lowest BCUT2D eigenvalue weighted by atomic mass is 9.93. The van der Waals surface area contributed by atoms with Crippen molar-refractivity contribution < 1.29 is 22.5 Å². The fraction of sp³-hybridized carbons (Fsp3) is 0.522. The number of hydrogen-bond acceptors (Lipinski definition) is 8. The molecule has 0 saturated carbocycles. The zero-order chi connectivity index (χ0) is 25.4. The molecular formula is C23H26F3N7O3. The second-order valence-corrected chi connectivity index (χ2v) is 9.19. The van der Waals surface area contributed by atoms with E-state index in [1.54, 1.807) is 19.3 Å². The molecule has 1 atom stereocenters. The molecule has 5 rings (SSSR count). The summed E-state index contributed by atoms with van der Waals surface area (Å²) in [4.78, 5) is 39.8. The Kier molecular flexibility index (Phi) is 6.41. The zero-order valence-corrected chi connectivity index (χ0v) is 19.6. The van der Waals surface area contributed by atoms with Gasteiger partial charge in [-0.25, -0.2) is 4.98 Å². The molecule has 13 heteroatoms. The van der Waals surface area contributed by atoms with Crippen molar-refractivity contribution in [1.29, 1.82) is 0 Å². The Morgan fingerprint density at radius 1 is 1.19 bits per heavy atom. The molecule has 1 amide bonds. The molecule has 36 heavy (non-hydrogen) atoms. The number of aromatic nitrogens is 4. The van der Waals surface area contributed by atoms with Crippen molar-refractivity contribution in [2.24, 2.45) is 0 Å². The van der Waals surface area contributed by atoms with Crippen molar-refractivity contribution in [3.05, 3.63) is 45.9 Å². The van der Waals surface area contributed by atoms with Gasteiger partial charge in [0, 0.05) is 38.6 Å². The third kappa shape index (κ3) is 4.66. The lowest BCUT2D eigenvalue weighted by Gasteiger charge is -2.42. The second kappa shape index (κ2) is 9.52. The maximum absolute atomic E-state index is 13.1. The Morgan fingerprint density at radius 2 is 1.97 bits per heavy atom. The number of pyridine rings is 1. The molecule has 2 aliphatic rings. The van der Waals surface area contributed by atoms with Gasteiger partial charge in [-0.15, -0.1) is 0 Å². The van der Waals surface area contributed by atoms with Crippen molar-refractivity contribution in [1.82, 2.24) is 30.3 Å². The Balaban J connectivity index is 1.24. The number of likely N-dealkylation sites (tertiary alicyclic amines) is 1. The monoisotopic (exact) mass is 505 g/mol. The number of carbonyl (C=O) groups is 1. The SMILES string of the molecule is CNC(=O)c1ccc(N2CCC(N3CCCC(c4nc5onc(C(F)(F)F)c5c(=O)[nH]4)C3)CC2)cn1. The van der Waals surface area contributed by atoms with Crippen molar-refractivity contribution in [3.8, 4) is 0 Å². The second-order valence-electron chi connectivity index (χ2n) is 9.19. The number of hydrogen-bond donors (Lipinski definition) is 2. The van der Waals surface area contributed by atoms with Crippen LogP contribution >= 0.6 is 0 Å². The summed E-state index contributed by atoms with van der Waals surface area (Å²) < 4.78 is 44.1. The van der Waals surface area contributed by atoms with E-state index in [-0.39, 0.29) is 17.5 Å². The number of nitrogens with one attached hydrogen (secondary N) is 2. The average Bonchev–Trinajstić information content (AvgIpc) is 3.34. The molecule has 192 valence electrons. The third-order valence-electron chi connectivity index (χ3n) is 7.03. The van der Waals surface area contributed by atoms with Gasteiger partial charge >= 0.3 is 6.18 Å². The molecule has 2 aliphatic heterocycles. The molecule has 3 aromatic heterocycles. The number of piperidine rings is 2. The van der Waals surface area contributed by atoms with Crippen molar-refractivity contribution in [2.75, 3.05) is 38.1 Å². The number of fused-ring (bicyclic) bond motifs is 1. The highest BCUT2D eigenvalue weighted by atomic mass is 19.4. The minimum absolute atomic E-state index is 0.116. The van der Waals surface area contributed by atoms with Crippen LogP contribution in [0.4, 0.5) is 18.9 Å². The van der Waals surface area contributed by atoms with E-state index in [1.165, 1.54) is 0 Å². The number of halogens is 3. The predicted molar refractivity (Wildman–Crippen MR) is 124 cm³/mol.